The first-order chi connectivity index (χ1) is 9.86. The molecular formula is C13H16N2O6. The smallest absolute Gasteiger partial charge is 0.331 e. The Kier molecular flexibility index (Phi) is 5.79. The number of nitro groups is 1. The van der Waals surface area contributed by atoms with Crippen molar-refractivity contribution in [3.8, 4) is 0 Å². The number of hydrogen-bond donors (Lipinski definition) is 2. The van der Waals surface area contributed by atoms with Crippen LogP contribution in [0.15, 0.2) is 24.3 Å². The van der Waals surface area contributed by atoms with Gasteiger partial charge in [-0.05, 0) is 12.5 Å². The number of carbonyl (C=O) groups is 2. The molecule has 0 bridgehead atoms. The Morgan fingerprint density at radius 2 is 2.14 bits per heavy atom. The maximum absolute atomic E-state index is 11.8. The van der Waals surface area contributed by atoms with Gasteiger partial charge >= 0.3 is 5.97 Å². The van der Waals surface area contributed by atoms with Crippen LogP contribution in [0.2, 0.25) is 0 Å². The van der Waals surface area contributed by atoms with Crippen molar-refractivity contribution >= 4 is 17.6 Å². The number of nitro benzene ring substituents is 1. The van der Waals surface area contributed by atoms with E-state index in [1.165, 1.54) is 25.1 Å². The van der Waals surface area contributed by atoms with Crippen molar-refractivity contribution in [2.75, 3.05) is 6.61 Å². The molecule has 0 radical (unpaired) electrons. The SMILES string of the molecule is CCOC(=O)[C@H](NC(C)=O)[C@H](O)c1cccc([N+](=O)[O-])c1. The summed E-state index contributed by atoms with van der Waals surface area (Å²) in [7, 11) is 0. The maximum Gasteiger partial charge on any atom is 0.331 e. The standard InChI is InChI=1S/C13H16N2O6/c1-3-21-13(18)11(14-8(2)16)12(17)9-5-4-6-10(7-9)15(19)20/h4-7,11-12,17H,3H2,1-2H3,(H,14,16)/t11-,12-/m1/s1. The summed E-state index contributed by atoms with van der Waals surface area (Å²) in [5, 5.41) is 23.2. The monoisotopic (exact) mass is 296 g/mol. The lowest BCUT2D eigenvalue weighted by Crippen LogP contribution is -2.45. The van der Waals surface area contributed by atoms with Crippen molar-refractivity contribution in [1.29, 1.82) is 0 Å². The van der Waals surface area contributed by atoms with E-state index in [9.17, 15) is 24.8 Å². The highest BCUT2D eigenvalue weighted by atomic mass is 16.6. The van der Waals surface area contributed by atoms with Crippen molar-refractivity contribution in [3.63, 3.8) is 0 Å². The van der Waals surface area contributed by atoms with E-state index in [2.05, 4.69) is 5.32 Å². The minimum absolute atomic E-state index is 0.0799. The van der Waals surface area contributed by atoms with Crippen LogP contribution >= 0.6 is 0 Å². The number of hydrogen-bond acceptors (Lipinski definition) is 6. The summed E-state index contributed by atoms with van der Waals surface area (Å²) in [4.78, 5) is 33.0. The summed E-state index contributed by atoms with van der Waals surface area (Å²) in [5.41, 5.74) is -0.0898. The van der Waals surface area contributed by atoms with E-state index >= 15 is 0 Å². The normalized spacial score (nSPS) is 13.1. The lowest BCUT2D eigenvalue weighted by atomic mass is 10.0. The van der Waals surface area contributed by atoms with Crippen molar-refractivity contribution in [3.05, 3.63) is 39.9 Å². The molecule has 0 aliphatic heterocycles. The molecule has 2 N–H and O–H groups in total. The van der Waals surface area contributed by atoms with Gasteiger partial charge in [0, 0.05) is 19.1 Å². The number of carbonyl (C=O) groups excluding carboxylic acids is 2. The molecule has 0 saturated heterocycles. The van der Waals surface area contributed by atoms with Crippen molar-refractivity contribution in [1.82, 2.24) is 5.32 Å². The van der Waals surface area contributed by atoms with Gasteiger partial charge in [0.2, 0.25) is 5.91 Å². The zero-order valence-corrected chi connectivity index (χ0v) is 11.6. The Bertz CT molecular complexity index is 545. The van der Waals surface area contributed by atoms with Crippen LogP contribution in [0.25, 0.3) is 0 Å². The number of nitrogens with one attached hydrogen (secondary N) is 1. The second-order valence-corrected chi connectivity index (χ2v) is 4.23. The number of esters is 1. The summed E-state index contributed by atoms with van der Waals surface area (Å²) in [5.74, 6) is -1.34. The number of ether oxygens (including phenoxy) is 1. The molecule has 0 aliphatic carbocycles. The molecule has 8 heteroatoms. The van der Waals surface area contributed by atoms with E-state index in [4.69, 9.17) is 4.74 Å². The first-order valence-electron chi connectivity index (χ1n) is 6.23. The number of amides is 1. The fourth-order valence-corrected chi connectivity index (χ4v) is 1.73. The summed E-state index contributed by atoms with van der Waals surface area (Å²) >= 11 is 0. The molecule has 0 aromatic heterocycles. The number of benzene rings is 1. The van der Waals surface area contributed by atoms with Gasteiger partial charge < -0.3 is 15.2 Å². The van der Waals surface area contributed by atoms with Gasteiger partial charge in [0.15, 0.2) is 6.04 Å². The van der Waals surface area contributed by atoms with Crippen molar-refractivity contribution in [2.45, 2.75) is 26.0 Å². The molecule has 0 heterocycles. The van der Waals surface area contributed by atoms with E-state index in [0.29, 0.717) is 0 Å². The molecule has 2 atom stereocenters. The highest BCUT2D eigenvalue weighted by Crippen LogP contribution is 2.22. The lowest BCUT2D eigenvalue weighted by molar-refractivity contribution is -0.385. The Morgan fingerprint density at radius 1 is 1.48 bits per heavy atom. The summed E-state index contributed by atoms with van der Waals surface area (Å²) < 4.78 is 4.78. The average molecular weight is 296 g/mol. The average Bonchev–Trinajstić information content (AvgIpc) is 2.44. The Labute approximate surface area is 120 Å². The van der Waals surface area contributed by atoms with Crippen LogP contribution in [0.3, 0.4) is 0 Å². The molecule has 1 amide bonds. The Morgan fingerprint density at radius 3 is 2.67 bits per heavy atom. The lowest BCUT2D eigenvalue weighted by Gasteiger charge is -2.22. The molecule has 0 fully saturated rings. The quantitative estimate of drug-likeness (QED) is 0.453. The second kappa shape index (κ2) is 7.34. The van der Waals surface area contributed by atoms with Gasteiger partial charge in [-0.2, -0.15) is 0 Å². The topological polar surface area (TPSA) is 119 Å². The molecule has 1 rings (SSSR count). The number of non-ortho nitro benzene ring substituents is 1. The van der Waals surface area contributed by atoms with Gasteiger partial charge in [0.1, 0.15) is 6.10 Å². The predicted octanol–water partition coefficient (Wildman–Crippen LogP) is 0.696. The van der Waals surface area contributed by atoms with Gasteiger partial charge in [0.05, 0.1) is 11.5 Å². The van der Waals surface area contributed by atoms with E-state index < -0.39 is 28.9 Å². The summed E-state index contributed by atoms with van der Waals surface area (Å²) in [6.45, 7) is 2.85. The van der Waals surface area contributed by atoms with E-state index in [-0.39, 0.29) is 17.9 Å². The summed E-state index contributed by atoms with van der Waals surface area (Å²) in [6, 6.07) is 3.87. The van der Waals surface area contributed by atoms with Crippen LogP contribution < -0.4 is 5.32 Å². The number of nitrogens with zero attached hydrogens (tertiary/aromatic N) is 1. The number of aliphatic hydroxyl groups is 1. The molecule has 114 valence electrons. The van der Waals surface area contributed by atoms with Crippen LogP contribution in [0.5, 0.6) is 0 Å². The molecule has 0 aliphatic rings. The largest absolute Gasteiger partial charge is 0.464 e. The van der Waals surface area contributed by atoms with Crippen molar-refractivity contribution in [2.24, 2.45) is 0 Å². The molecule has 8 nitrogen and oxygen atoms in total. The van der Waals surface area contributed by atoms with Crippen LogP contribution in [0, 0.1) is 10.1 Å². The van der Waals surface area contributed by atoms with Crippen LogP contribution in [0.4, 0.5) is 5.69 Å². The van der Waals surface area contributed by atoms with Crippen LogP contribution in [-0.4, -0.2) is 34.6 Å². The van der Waals surface area contributed by atoms with Crippen molar-refractivity contribution < 1.29 is 24.4 Å². The molecule has 1 aromatic rings. The molecule has 1 aromatic carbocycles. The predicted molar refractivity (Wildman–Crippen MR) is 72.3 cm³/mol. The minimum atomic E-state index is -1.45. The first kappa shape index (κ1) is 16.6. The molecule has 0 spiro atoms. The highest BCUT2D eigenvalue weighted by Gasteiger charge is 2.30. The maximum atomic E-state index is 11.8. The van der Waals surface area contributed by atoms with Gasteiger partial charge in [-0.3, -0.25) is 14.9 Å². The fourth-order valence-electron chi connectivity index (χ4n) is 1.73. The third kappa shape index (κ3) is 4.53. The number of aliphatic hydroxyl groups excluding tert-OH is 1. The Hall–Kier alpha value is -2.48. The van der Waals surface area contributed by atoms with E-state index in [1.54, 1.807) is 6.92 Å². The van der Waals surface area contributed by atoms with Gasteiger partial charge in [-0.15, -0.1) is 0 Å². The van der Waals surface area contributed by atoms with Gasteiger partial charge in [0.25, 0.3) is 5.69 Å². The molecule has 21 heavy (non-hydrogen) atoms. The second-order valence-electron chi connectivity index (χ2n) is 4.23. The Balaban J connectivity index is 3.06. The minimum Gasteiger partial charge on any atom is -0.464 e. The molecule has 0 unspecified atom stereocenters. The highest BCUT2D eigenvalue weighted by molar-refractivity contribution is 5.84. The van der Waals surface area contributed by atoms with Crippen LogP contribution in [-0.2, 0) is 14.3 Å². The zero-order chi connectivity index (χ0) is 16.0. The van der Waals surface area contributed by atoms with Gasteiger partial charge in [-0.1, -0.05) is 12.1 Å². The molecule has 0 saturated carbocycles. The van der Waals surface area contributed by atoms with Crippen LogP contribution in [0.1, 0.15) is 25.5 Å². The van der Waals surface area contributed by atoms with Gasteiger partial charge in [-0.25, -0.2) is 4.79 Å². The number of rotatable bonds is 6. The zero-order valence-electron chi connectivity index (χ0n) is 11.6. The third-order valence-corrected chi connectivity index (χ3v) is 2.64. The first-order valence-corrected chi connectivity index (χ1v) is 6.23. The van der Waals surface area contributed by atoms with E-state index in [0.717, 1.165) is 6.07 Å². The fraction of sp³-hybridized carbons (Fsp3) is 0.385. The molecular weight excluding hydrogens is 280 g/mol. The summed E-state index contributed by atoms with van der Waals surface area (Å²) in [6.07, 6.45) is -1.45. The van der Waals surface area contributed by atoms with E-state index in [1.807, 2.05) is 0 Å². The third-order valence-electron chi connectivity index (χ3n) is 2.64.